The van der Waals surface area contributed by atoms with E-state index in [2.05, 4.69) is 27.7 Å². The van der Waals surface area contributed by atoms with E-state index < -0.39 is 0 Å². The summed E-state index contributed by atoms with van der Waals surface area (Å²) in [6.45, 7) is 4.38. The van der Waals surface area contributed by atoms with Gasteiger partial charge in [-0.15, -0.1) is 10.2 Å². The number of aromatic nitrogens is 4. The minimum atomic E-state index is 0.718. The van der Waals surface area contributed by atoms with E-state index in [1.165, 1.54) is 32.1 Å². The third-order valence-corrected chi connectivity index (χ3v) is 3.97. The van der Waals surface area contributed by atoms with E-state index in [0.29, 0.717) is 0 Å². The molecule has 0 spiro atoms. The van der Waals surface area contributed by atoms with Crippen LogP contribution in [0.2, 0.25) is 0 Å². The van der Waals surface area contributed by atoms with Gasteiger partial charge in [-0.1, -0.05) is 26.2 Å². The van der Waals surface area contributed by atoms with Crippen LogP contribution in [0, 0.1) is 11.8 Å². The first-order valence-electron chi connectivity index (χ1n) is 7.23. The minimum absolute atomic E-state index is 0.718. The molecule has 0 saturated heterocycles. The Morgan fingerprint density at radius 1 is 1.22 bits per heavy atom. The molecule has 1 aromatic heterocycles. The lowest BCUT2D eigenvalue weighted by Crippen LogP contribution is -2.29. The summed E-state index contributed by atoms with van der Waals surface area (Å²) in [5.74, 6) is 2.40. The predicted octanol–water partition coefficient (Wildman–Crippen LogP) is 1.56. The number of hydrogen-bond donors (Lipinski definition) is 1. The monoisotopic (exact) mass is 251 g/mol. The topological polar surface area (TPSA) is 55.6 Å². The summed E-state index contributed by atoms with van der Waals surface area (Å²) < 4.78 is 0. The molecule has 1 aromatic rings. The van der Waals surface area contributed by atoms with Gasteiger partial charge < -0.3 is 5.32 Å². The molecular weight excluding hydrogens is 226 g/mol. The number of nitrogens with one attached hydrogen (secondary N) is 1. The van der Waals surface area contributed by atoms with E-state index in [0.717, 1.165) is 37.2 Å². The highest BCUT2D eigenvalue weighted by atomic mass is 15.6. The summed E-state index contributed by atoms with van der Waals surface area (Å²) in [5.41, 5.74) is 0. The maximum atomic E-state index is 4.32. The molecule has 0 aliphatic heterocycles. The Bertz CT molecular complexity index is 349. The van der Waals surface area contributed by atoms with Crippen molar-refractivity contribution in [3.63, 3.8) is 0 Å². The Morgan fingerprint density at radius 2 is 2.00 bits per heavy atom. The van der Waals surface area contributed by atoms with Crippen LogP contribution in [0.25, 0.3) is 0 Å². The lowest BCUT2D eigenvalue weighted by molar-refractivity contribution is 0.295. The zero-order chi connectivity index (χ0) is 12.8. The summed E-state index contributed by atoms with van der Waals surface area (Å²) in [4.78, 5) is 1.56. The fourth-order valence-electron chi connectivity index (χ4n) is 2.97. The fraction of sp³-hybridized carbons (Fsp3) is 0.923. The van der Waals surface area contributed by atoms with Crippen LogP contribution in [-0.2, 0) is 13.5 Å². The molecule has 102 valence electrons. The zero-order valence-electron chi connectivity index (χ0n) is 11.6. The van der Waals surface area contributed by atoms with Crippen molar-refractivity contribution in [2.45, 2.75) is 45.4 Å². The minimum Gasteiger partial charge on any atom is -0.317 e. The van der Waals surface area contributed by atoms with Gasteiger partial charge in [-0.3, -0.25) is 0 Å². The maximum absolute atomic E-state index is 4.32. The van der Waals surface area contributed by atoms with Crippen molar-refractivity contribution < 1.29 is 0 Å². The van der Waals surface area contributed by atoms with E-state index in [-0.39, 0.29) is 0 Å². The molecule has 1 N–H and O–H groups in total. The summed E-state index contributed by atoms with van der Waals surface area (Å²) in [5, 5.41) is 15.9. The second-order valence-electron chi connectivity index (χ2n) is 5.37. The van der Waals surface area contributed by atoms with Crippen molar-refractivity contribution >= 4 is 0 Å². The SMILES string of the molecule is CCNCC1CCCCCC1Cc1nnn(C)n1. The molecule has 1 aliphatic carbocycles. The van der Waals surface area contributed by atoms with Gasteiger partial charge >= 0.3 is 0 Å². The van der Waals surface area contributed by atoms with Crippen LogP contribution < -0.4 is 5.32 Å². The Balaban J connectivity index is 1.96. The van der Waals surface area contributed by atoms with Crippen LogP contribution in [0.3, 0.4) is 0 Å². The van der Waals surface area contributed by atoms with E-state index in [4.69, 9.17) is 0 Å². The van der Waals surface area contributed by atoms with Crippen LogP contribution >= 0.6 is 0 Å². The van der Waals surface area contributed by atoms with Gasteiger partial charge in [0.25, 0.3) is 0 Å². The van der Waals surface area contributed by atoms with Crippen molar-refractivity contribution in [1.29, 1.82) is 0 Å². The van der Waals surface area contributed by atoms with Gasteiger partial charge in [0.1, 0.15) is 0 Å². The Morgan fingerprint density at radius 3 is 2.67 bits per heavy atom. The molecule has 0 aromatic carbocycles. The summed E-state index contributed by atoms with van der Waals surface area (Å²) in [6, 6.07) is 0. The van der Waals surface area contributed by atoms with Gasteiger partial charge in [-0.05, 0) is 43.0 Å². The third-order valence-electron chi connectivity index (χ3n) is 3.97. The Hall–Kier alpha value is -0.970. The van der Waals surface area contributed by atoms with E-state index in [1.807, 2.05) is 7.05 Å². The molecule has 2 rings (SSSR count). The Kier molecular flexibility index (Phi) is 5.11. The molecule has 0 amide bonds. The molecule has 2 unspecified atom stereocenters. The van der Waals surface area contributed by atoms with E-state index in [1.54, 1.807) is 4.80 Å². The third kappa shape index (κ3) is 3.77. The largest absolute Gasteiger partial charge is 0.317 e. The molecule has 0 radical (unpaired) electrons. The normalized spacial score (nSPS) is 25.0. The maximum Gasteiger partial charge on any atom is 0.175 e. The van der Waals surface area contributed by atoms with E-state index >= 15 is 0 Å². The summed E-state index contributed by atoms with van der Waals surface area (Å²) >= 11 is 0. The molecule has 1 fully saturated rings. The fourth-order valence-corrected chi connectivity index (χ4v) is 2.97. The highest BCUT2D eigenvalue weighted by Gasteiger charge is 2.24. The zero-order valence-corrected chi connectivity index (χ0v) is 11.6. The first kappa shape index (κ1) is 13.5. The Labute approximate surface area is 109 Å². The molecule has 2 atom stereocenters. The average Bonchev–Trinajstić information content (AvgIpc) is 2.64. The van der Waals surface area contributed by atoms with Gasteiger partial charge in [0.05, 0.1) is 7.05 Å². The van der Waals surface area contributed by atoms with Crippen molar-refractivity contribution in [2.75, 3.05) is 13.1 Å². The smallest absolute Gasteiger partial charge is 0.175 e. The lowest BCUT2D eigenvalue weighted by Gasteiger charge is -2.24. The molecule has 0 bridgehead atoms. The number of nitrogens with zero attached hydrogens (tertiary/aromatic N) is 4. The standard InChI is InChI=1S/C13H25N5/c1-3-14-10-12-8-6-4-5-7-11(12)9-13-15-17-18(2)16-13/h11-12,14H,3-10H2,1-2H3. The number of rotatable bonds is 5. The molecule has 5 nitrogen and oxygen atoms in total. The first-order chi connectivity index (χ1) is 8.79. The molecule has 18 heavy (non-hydrogen) atoms. The van der Waals surface area contributed by atoms with Crippen LogP contribution in [0.5, 0.6) is 0 Å². The van der Waals surface area contributed by atoms with Crippen LogP contribution in [0.15, 0.2) is 0 Å². The van der Waals surface area contributed by atoms with Gasteiger partial charge in [0.15, 0.2) is 5.82 Å². The molecule has 1 saturated carbocycles. The summed E-state index contributed by atoms with van der Waals surface area (Å²) in [7, 11) is 1.83. The number of aryl methyl sites for hydroxylation is 1. The first-order valence-corrected chi connectivity index (χ1v) is 7.23. The lowest BCUT2D eigenvalue weighted by atomic mass is 9.85. The van der Waals surface area contributed by atoms with Gasteiger partial charge in [0.2, 0.25) is 0 Å². The molecule has 5 heteroatoms. The summed E-state index contributed by atoms with van der Waals surface area (Å²) in [6.07, 6.45) is 7.76. The van der Waals surface area contributed by atoms with Crippen molar-refractivity contribution in [2.24, 2.45) is 18.9 Å². The predicted molar refractivity (Wildman–Crippen MR) is 71.1 cm³/mol. The number of tetrazole rings is 1. The molecule has 1 aliphatic rings. The average molecular weight is 251 g/mol. The van der Waals surface area contributed by atoms with Crippen LogP contribution in [0.1, 0.15) is 44.9 Å². The van der Waals surface area contributed by atoms with Crippen molar-refractivity contribution in [3.05, 3.63) is 5.82 Å². The quantitative estimate of drug-likeness (QED) is 0.807. The van der Waals surface area contributed by atoms with Crippen molar-refractivity contribution in [1.82, 2.24) is 25.5 Å². The second kappa shape index (κ2) is 6.83. The molecule has 1 heterocycles. The van der Waals surface area contributed by atoms with Crippen LogP contribution in [0.4, 0.5) is 0 Å². The van der Waals surface area contributed by atoms with Crippen molar-refractivity contribution in [3.8, 4) is 0 Å². The van der Waals surface area contributed by atoms with Gasteiger partial charge in [0, 0.05) is 6.42 Å². The highest BCUT2D eigenvalue weighted by molar-refractivity contribution is 4.86. The van der Waals surface area contributed by atoms with Gasteiger partial charge in [-0.2, -0.15) is 4.80 Å². The molecular formula is C13H25N5. The number of hydrogen-bond acceptors (Lipinski definition) is 4. The van der Waals surface area contributed by atoms with Gasteiger partial charge in [-0.25, -0.2) is 0 Å². The second-order valence-corrected chi connectivity index (χ2v) is 5.37. The highest BCUT2D eigenvalue weighted by Crippen LogP contribution is 2.30. The van der Waals surface area contributed by atoms with Crippen LogP contribution in [-0.4, -0.2) is 33.3 Å². The van der Waals surface area contributed by atoms with E-state index in [9.17, 15) is 0 Å².